The van der Waals surface area contributed by atoms with E-state index in [2.05, 4.69) is 4.98 Å². The highest BCUT2D eigenvalue weighted by molar-refractivity contribution is 7.91. The van der Waals surface area contributed by atoms with E-state index in [0.29, 0.717) is 15.6 Å². The summed E-state index contributed by atoms with van der Waals surface area (Å²) in [5, 5.41) is 8.75. The van der Waals surface area contributed by atoms with E-state index in [0.717, 1.165) is 0 Å². The smallest absolute Gasteiger partial charge is 0.254 e. The molecule has 0 bridgehead atoms. The summed E-state index contributed by atoms with van der Waals surface area (Å²) in [7, 11) is -4.10. The van der Waals surface area contributed by atoms with Crippen molar-refractivity contribution in [2.75, 3.05) is 19.7 Å². The van der Waals surface area contributed by atoms with E-state index >= 15 is 0 Å². The molecule has 0 saturated carbocycles. The lowest BCUT2D eigenvalue weighted by Crippen LogP contribution is -2.37. The molecule has 1 heterocycles. The average Bonchev–Trinajstić information content (AvgIpc) is 2.57. The zero-order valence-corrected chi connectivity index (χ0v) is 11.7. The summed E-state index contributed by atoms with van der Waals surface area (Å²) in [5.41, 5.74) is 0.155. The standard InChI is InChI=1S/C8H11ClF2N2O3S2/c1-5-7(17-8(9)12-5)18(15,16)13(2-3-14)4-6(10)11/h6,14H,2-4H2,1H3. The van der Waals surface area contributed by atoms with Crippen LogP contribution in [-0.2, 0) is 10.0 Å². The monoisotopic (exact) mass is 320 g/mol. The van der Waals surface area contributed by atoms with Crippen LogP contribution in [0.3, 0.4) is 0 Å². The predicted octanol–water partition coefficient (Wildman–Crippen LogP) is 1.35. The Balaban J connectivity index is 3.12. The van der Waals surface area contributed by atoms with Gasteiger partial charge in [0.05, 0.1) is 18.8 Å². The van der Waals surface area contributed by atoms with Crippen molar-refractivity contribution in [1.29, 1.82) is 0 Å². The van der Waals surface area contributed by atoms with Gasteiger partial charge in [-0.1, -0.05) is 22.9 Å². The second-order valence-electron chi connectivity index (χ2n) is 3.32. The number of nitrogens with zero attached hydrogens (tertiary/aromatic N) is 2. The number of hydrogen-bond acceptors (Lipinski definition) is 5. The molecule has 0 radical (unpaired) electrons. The van der Waals surface area contributed by atoms with E-state index in [1.54, 1.807) is 0 Å². The molecule has 0 spiro atoms. The van der Waals surface area contributed by atoms with Crippen LogP contribution in [-0.4, -0.2) is 48.9 Å². The fraction of sp³-hybridized carbons (Fsp3) is 0.625. The lowest BCUT2D eigenvalue weighted by Gasteiger charge is -2.19. The molecule has 0 fully saturated rings. The molecule has 0 atom stereocenters. The van der Waals surface area contributed by atoms with Crippen molar-refractivity contribution in [1.82, 2.24) is 9.29 Å². The van der Waals surface area contributed by atoms with E-state index in [1.165, 1.54) is 6.92 Å². The number of hydrogen-bond donors (Lipinski definition) is 1. The van der Waals surface area contributed by atoms with E-state index in [-0.39, 0.29) is 14.4 Å². The molecule has 10 heteroatoms. The number of aromatic nitrogens is 1. The fourth-order valence-electron chi connectivity index (χ4n) is 1.28. The highest BCUT2D eigenvalue weighted by Gasteiger charge is 2.30. The van der Waals surface area contributed by atoms with Gasteiger partial charge in [0.15, 0.2) is 8.68 Å². The van der Waals surface area contributed by atoms with Crippen LogP contribution >= 0.6 is 22.9 Å². The molecule has 0 aliphatic heterocycles. The van der Waals surface area contributed by atoms with Crippen LogP contribution in [0.2, 0.25) is 4.47 Å². The number of sulfonamides is 1. The van der Waals surface area contributed by atoms with Gasteiger partial charge in [-0.15, -0.1) is 0 Å². The first kappa shape index (κ1) is 15.7. The van der Waals surface area contributed by atoms with Crippen molar-refractivity contribution in [3.8, 4) is 0 Å². The summed E-state index contributed by atoms with van der Waals surface area (Å²) >= 11 is 6.29. The Labute approximate surface area is 112 Å². The second kappa shape index (κ2) is 6.20. The quantitative estimate of drug-likeness (QED) is 0.859. The maximum absolute atomic E-state index is 12.3. The first-order valence-corrected chi connectivity index (χ1v) is 7.44. The molecule has 0 aliphatic carbocycles. The lowest BCUT2D eigenvalue weighted by atomic mass is 10.6. The summed E-state index contributed by atoms with van der Waals surface area (Å²) in [6.45, 7) is -0.494. The molecular formula is C8H11ClF2N2O3S2. The van der Waals surface area contributed by atoms with Crippen LogP contribution < -0.4 is 0 Å². The average molecular weight is 321 g/mol. The molecule has 18 heavy (non-hydrogen) atoms. The maximum Gasteiger partial charge on any atom is 0.254 e. The van der Waals surface area contributed by atoms with Crippen LogP contribution in [0.4, 0.5) is 8.78 Å². The van der Waals surface area contributed by atoms with Crippen molar-refractivity contribution in [2.24, 2.45) is 0 Å². The third-order valence-corrected chi connectivity index (χ3v) is 5.71. The number of alkyl halides is 2. The normalized spacial score (nSPS) is 12.6. The minimum Gasteiger partial charge on any atom is -0.395 e. The van der Waals surface area contributed by atoms with Gasteiger partial charge in [-0.3, -0.25) is 0 Å². The van der Waals surface area contributed by atoms with Crippen molar-refractivity contribution in [3.63, 3.8) is 0 Å². The van der Waals surface area contributed by atoms with Gasteiger partial charge < -0.3 is 5.11 Å². The van der Waals surface area contributed by atoms with Crippen LogP contribution in [0.5, 0.6) is 0 Å². The maximum atomic E-state index is 12.3. The first-order valence-electron chi connectivity index (χ1n) is 4.81. The highest BCUT2D eigenvalue weighted by atomic mass is 35.5. The lowest BCUT2D eigenvalue weighted by molar-refractivity contribution is 0.113. The largest absolute Gasteiger partial charge is 0.395 e. The zero-order chi connectivity index (χ0) is 13.9. The van der Waals surface area contributed by atoms with Crippen LogP contribution in [0.15, 0.2) is 4.21 Å². The summed E-state index contributed by atoms with van der Waals surface area (Å²) in [4.78, 5) is 3.73. The number of aliphatic hydroxyl groups excluding tert-OH is 1. The fourth-order valence-corrected chi connectivity index (χ4v) is 4.57. The summed E-state index contributed by atoms with van der Waals surface area (Å²) in [6, 6.07) is 0. The number of halogens is 3. The molecule has 1 aromatic rings. The molecule has 0 saturated heterocycles. The Hall–Kier alpha value is -0.350. The molecule has 1 rings (SSSR count). The van der Waals surface area contributed by atoms with Gasteiger partial charge in [0.25, 0.3) is 16.4 Å². The van der Waals surface area contributed by atoms with E-state index in [1.807, 2.05) is 0 Å². The van der Waals surface area contributed by atoms with Crippen LogP contribution in [0.1, 0.15) is 5.69 Å². The van der Waals surface area contributed by atoms with Gasteiger partial charge in [0.2, 0.25) is 0 Å². The Morgan fingerprint density at radius 3 is 2.56 bits per heavy atom. The molecule has 104 valence electrons. The van der Waals surface area contributed by atoms with E-state index in [9.17, 15) is 17.2 Å². The van der Waals surface area contributed by atoms with Crippen LogP contribution in [0.25, 0.3) is 0 Å². The molecule has 0 aliphatic rings. The third kappa shape index (κ3) is 3.58. The second-order valence-corrected chi connectivity index (χ2v) is 7.03. The highest BCUT2D eigenvalue weighted by Crippen LogP contribution is 2.29. The van der Waals surface area contributed by atoms with Gasteiger partial charge in [-0.2, -0.15) is 4.31 Å². The molecule has 0 amide bonds. The predicted molar refractivity (Wildman–Crippen MR) is 63.7 cm³/mol. The van der Waals surface area contributed by atoms with Crippen molar-refractivity contribution in [3.05, 3.63) is 10.2 Å². The summed E-state index contributed by atoms with van der Waals surface area (Å²) < 4.78 is 49.2. The zero-order valence-electron chi connectivity index (χ0n) is 9.31. The molecule has 1 aromatic heterocycles. The van der Waals surface area contributed by atoms with Gasteiger partial charge in [0, 0.05) is 6.54 Å². The van der Waals surface area contributed by atoms with Gasteiger partial charge in [-0.05, 0) is 6.92 Å². The summed E-state index contributed by atoms with van der Waals surface area (Å²) in [5.74, 6) is 0. The number of aryl methyl sites for hydroxylation is 1. The molecule has 5 nitrogen and oxygen atoms in total. The van der Waals surface area contributed by atoms with Gasteiger partial charge in [0.1, 0.15) is 0 Å². The molecule has 0 aromatic carbocycles. The topological polar surface area (TPSA) is 70.5 Å². The SMILES string of the molecule is Cc1nc(Cl)sc1S(=O)(=O)N(CCO)CC(F)F. The van der Waals surface area contributed by atoms with Gasteiger partial charge >= 0.3 is 0 Å². The minimum atomic E-state index is -4.10. The van der Waals surface area contributed by atoms with Crippen molar-refractivity contribution in [2.45, 2.75) is 17.6 Å². The van der Waals surface area contributed by atoms with Crippen LogP contribution in [0, 0.1) is 6.92 Å². The Bertz CT molecular complexity index is 506. The molecule has 0 unspecified atom stereocenters. The molecule has 1 N–H and O–H groups in total. The number of aliphatic hydroxyl groups is 1. The minimum absolute atomic E-state index is 0.0204. The first-order chi connectivity index (χ1) is 8.28. The number of rotatable bonds is 6. The summed E-state index contributed by atoms with van der Waals surface area (Å²) in [6.07, 6.45) is -2.82. The number of thiazole rings is 1. The third-order valence-electron chi connectivity index (χ3n) is 1.99. The Kier molecular flexibility index (Phi) is 5.41. The van der Waals surface area contributed by atoms with Crippen molar-refractivity contribution >= 4 is 33.0 Å². The Morgan fingerprint density at radius 2 is 2.17 bits per heavy atom. The Morgan fingerprint density at radius 1 is 1.56 bits per heavy atom. The van der Waals surface area contributed by atoms with E-state index < -0.39 is 36.1 Å². The van der Waals surface area contributed by atoms with Gasteiger partial charge in [-0.25, -0.2) is 22.2 Å². The van der Waals surface area contributed by atoms with Crippen molar-refractivity contribution < 1.29 is 22.3 Å². The molecular weight excluding hydrogens is 310 g/mol. The van der Waals surface area contributed by atoms with E-state index in [4.69, 9.17) is 16.7 Å².